The Kier molecular flexibility index (Phi) is 4.38. The first-order chi connectivity index (χ1) is 13.3. The average molecular weight is 394 g/mol. The predicted molar refractivity (Wildman–Crippen MR) is 110 cm³/mol. The summed E-state index contributed by atoms with van der Waals surface area (Å²) in [4.78, 5) is 13.9. The summed E-state index contributed by atoms with van der Waals surface area (Å²) < 4.78 is 13.7. The fourth-order valence-electron chi connectivity index (χ4n) is 3.39. The van der Waals surface area contributed by atoms with E-state index in [-0.39, 0.29) is 17.2 Å². The zero-order chi connectivity index (χ0) is 18.2. The van der Waals surface area contributed by atoms with E-state index in [1.807, 2.05) is 48.3 Å². The molecular weight excluding hydrogens is 377 g/mol. The van der Waals surface area contributed by atoms with Crippen LogP contribution < -0.4 is 4.90 Å². The second-order valence-corrected chi connectivity index (χ2v) is 8.65. The van der Waals surface area contributed by atoms with Gasteiger partial charge in [-0.15, -0.1) is 11.8 Å². The highest BCUT2D eigenvalue weighted by molar-refractivity contribution is 8.15. The Hall–Kier alpha value is -2.31. The van der Waals surface area contributed by atoms with Crippen molar-refractivity contribution in [1.82, 2.24) is 4.98 Å². The largest absolute Gasteiger partial charge is 0.307 e. The number of fused-ring (bicyclic) bond motifs is 3. The molecule has 6 heteroatoms. The van der Waals surface area contributed by atoms with Crippen molar-refractivity contribution in [2.24, 2.45) is 4.99 Å². The van der Waals surface area contributed by atoms with E-state index in [1.165, 1.54) is 11.0 Å². The van der Waals surface area contributed by atoms with Gasteiger partial charge in [0.2, 0.25) is 0 Å². The van der Waals surface area contributed by atoms with E-state index >= 15 is 0 Å². The minimum Gasteiger partial charge on any atom is -0.307 e. The molecule has 2 atom stereocenters. The molecule has 0 saturated heterocycles. The van der Waals surface area contributed by atoms with E-state index in [0.717, 1.165) is 27.9 Å². The smallest absolute Gasteiger partial charge is 0.170 e. The molecule has 0 fully saturated rings. The number of benzene rings is 2. The highest BCUT2D eigenvalue weighted by Crippen LogP contribution is 2.49. The molecule has 3 aromatic rings. The Morgan fingerprint density at radius 2 is 1.89 bits per heavy atom. The van der Waals surface area contributed by atoms with Gasteiger partial charge in [0.15, 0.2) is 5.17 Å². The van der Waals surface area contributed by atoms with E-state index in [4.69, 9.17) is 4.99 Å². The molecule has 0 amide bonds. The summed E-state index contributed by atoms with van der Waals surface area (Å²) in [6, 6.07) is 21.3. The molecule has 2 aliphatic heterocycles. The van der Waals surface area contributed by atoms with Gasteiger partial charge in [-0.1, -0.05) is 24.3 Å². The molecule has 0 aliphatic carbocycles. The quantitative estimate of drug-likeness (QED) is 0.566. The standard InChI is InChI=1S/C21H16FN3S2/c22-14-9-10-18-19(12-14)27-21-24-17(16-8-4-5-11-23-16)13-20(25(18)21)26-15-6-2-1-3-7-15/h1-12,17,20H,13H2. The number of halogens is 1. The maximum atomic E-state index is 13.7. The van der Waals surface area contributed by atoms with Gasteiger partial charge in [0.25, 0.3) is 0 Å². The number of anilines is 1. The van der Waals surface area contributed by atoms with Crippen molar-refractivity contribution in [2.75, 3.05) is 4.90 Å². The number of hydrogen-bond donors (Lipinski definition) is 0. The van der Waals surface area contributed by atoms with E-state index < -0.39 is 0 Å². The van der Waals surface area contributed by atoms with Crippen LogP contribution in [-0.4, -0.2) is 15.5 Å². The van der Waals surface area contributed by atoms with Crippen LogP contribution >= 0.6 is 23.5 Å². The number of thioether (sulfide) groups is 2. The van der Waals surface area contributed by atoms with E-state index in [9.17, 15) is 4.39 Å². The van der Waals surface area contributed by atoms with Crippen LogP contribution in [0.4, 0.5) is 10.1 Å². The van der Waals surface area contributed by atoms with Crippen molar-refractivity contribution >= 4 is 34.4 Å². The minimum atomic E-state index is -0.213. The number of nitrogens with zero attached hydrogens (tertiary/aromatic N) is 3. The Bertz CT molecular complexity index is 995. The Morgan fingerprint density at radius 1 is 1.04 bits per heavy atom. The summed E-state index contributed by atoms with van der Waals surface area (Å²) in [5, 5.41) is 1.09. The fourth-order valence-corrected chi connectivity index (χ4v) is 5.82. The van der Waals surface area contributed by atoms with Gasteiger partial charge in [-0.2, -0.15) is 0 Å². The zero-order valence-corrected chi connectivity index (χ0v) is 16.0. The summed E-state index contributed by atoms with van der Waals surface area (Å²) in [6.07, 6.45) is 2.66. The molecule has 5 rings (SSSR count). The molecule has 134 valence electrons. The van der Waals surface area contributed by atoms with Crippen molar-refractivity contribution in [3.8, 4) is 0 Å². The summed E-state index contributed by atoms with van der Waals surface area (Å²) >= 11 is 3.36. The molecule has 0 N–H and O–H groups in total. The van der Waals surface area contributed by atoms with Crippen LogP contribution in [0.15, 0.2) is 87.7 Å². The Labute approximate surface area is 165 Å². The third-order valence-electron chi connectivity index (χ3n) is 4.61. The van der Waals surface area contributed by atoms with Gasteiger partial charge in [-0.05, 0) is 54.2 Å². The van der Waals surface area contributed by atoms with Crippen LogP contribution in [0.2, 0.25) is 0 Å². The minimum absolute atomic E-state index is 0.00493. The molecule has 0 saturated carbocycles. The van der Waals surface area contributed by atoms with E-state index in [1.54, 1.807) is 17.8 Å². The van der Waals surface area contributed by atoms with Crippen molar-refractivity contribution in [3.05, 3.63) is 84.4 Å². The molecule has 1 aromatic heterocycles. The highest BCUT2D eigenvalue weighted by atomic mass is 32.2. The van der Waals surface area contributed by atoms with Crippen molar-refractivity contribution in [3.63, 3.8) is 0 Å². The van der Waals surface area contributed by atoms with Crippen LogP contribution in [0.5, 0.6) is 0 Å². The molecule has 2 unspecified atom stereocenters. The van der Waals surface area contributed by atoms with Crippen LogP contribution in [0.3, 0.4) is 0 Å². The van der Waals surface area contributed by atoms with Gasteiger partial charge in [-0.25, -0.2) is 4.39 Å². The summed E-state index contributed by atoms with van der Waals surface area (Å²) in [6.45, 7) is 0. The number of pyridine rings is 1. The van der Waals surface area contributed by atoms with Crippen molar-refractivity contribution in [2.45, 2.75) is 27.6 Å². The number of hydrogen-bond acceptors (Lipinski definition) is 5. The molecule has 3 heterocycles. The number of aliphatic imine (C=N–C) groups is 1. The van der Waals surface area contributed by atoms with Crippen LogP contribution in [0, 0.1) is 5.82 Å². The first-order valence-corrected chi connectivity index (χ1v) is 10.4. The predicted octanol–water partition coefficient (Wildman–Crippen LogP) is 5.75. The molecule has 0 bridgehead atoms. The number of amidine groups is 1. The van der Waals surface area contributed by atoms with Crippen molar-refractivity contribution < 1.29 is 4.39 Å². The highest BCUT2D eigenvalue weighted by Gasteiger charge is 2.39. The first kappa shape index (κ1) is 16.8. The molecule has 2 aromatic carbocycles. The third kappa shape index (κ3) is 3.24. The van der Waals surface area contributed by atoms with E-state index in [0.29, 0.717) is 0 Å². The van der Waals surface area contributed by atoms with Gasteiger partial charge in [0.05, 0.1) is 22.8 Å². The van der Waals surface area contributed by atoms with Gasteiger partial charge >= 0.3 is 0 Å². The molecule has 27 heavy (non-hydrogen) atoms. The third-order valence-corrected chi connectivity index (χ3v) is 6.86. The lowest BCUT2D eigenvalue weighted by Crippen LogP contribution is -2.39. The maximum absolute atomic E-state index is 13.7. The monoisotopic (exact) mass is 393 g/mol. The van der Waals surface area contributed by atoms with Crippen LogP contribution in [-0.2, 0) is 0 Å². The van der Waals surface area contributed by atoms with Gasteiger partial charge in [0.1, 0.15) is 5.82 Å². The molecule has 0 radical (unpaired) electrons. The summed E-state index contributed by atoms with van der Waals surface area (Å²) in [5.41, 5.74) is 2.01. The molecular formula is C21H16FN3S2. The number of aromatic nitrogens is 1. The summed E-state index contributed by atoms with van der Waals surface area (Å²) in [7, 11) is 0. The second-order valence-electron chi connectivity index (χ2n) is 6.39. The van der Waals surface area contributed by atoms with Gasteiger partial charge in [0, 0.05) is 22.4 Å². The Morgan fingerprint density at radius 3 is 2.70 bits per heavy atom. The van der Waals surface area contributed by atoms with Gasteiger partial charge < -0.3 is 4.90 Å². The normalized spacial score (nSPS) is 20.8. The number of rotatable bonds is 3. The topological polar surface area (TPSA) is 28.5 Å². The second kappa shape index (κ2) is 7.02. The van der Waals surface area contributed by atoms with Crippen molar-refractivity contribution in [1.29, 1.82) is 0 Å². The lowest BCUT2D eigenvalue weighted by atomic mass is 10.1. The molecule has 2 aliphatic rings. The molecule has 0 spiro atoms. The van der Waals surface area contributed by atoms with Gasteiger partial charge in [-0.3, -0.25) is 9.98 Å². The fraction of sp³-hybridized carbons (Fsp3) is 0.143. The van der Waals surface area contributed by atoms with E-state index in [2.05, 4.69) is 34.1 Å². The maximum Gasteiger partial charge on any atom is 0.170 e. The SMILES string of the molecule is Fc1ccc2c(c1)SC1=NC(c3ccccn3)CC(Sc3ccccc3)N12. The lowest BCUT2D eigenvalue weighted by Gasteiger charge is -2.35. The van der Waals surface area contributed by atoms with Crippen LogP contribution in [0.1, 0.15) is 18.2 Å². The lowest BCUT2D eigenvalue weighted by molar-refractivity contribution is 0.596. The average Bonchev–Trinajstić information content (AvgIpc) is 3.07. The summed E-state index contributed by atoms with van der Waals surface area (Å²) in [5.74, 6) is -0.213. The first-order valence-electron chi connectivity index (χ1n) is 8.75. The van der Waals surface area contributed by atoms with Crippen LogP contribution in [0.25, 0.3) is 0 Å². The zero-order valence-electron chi connectivity index (χ0n) is 14.3. The Balaban J connectivity index is 1.55. The molecule has 3 nitrogen and oxygen atoms in total.